The van der Waals surface area contributed by atoms with Crippen LogP contribution in [-0.2, 0) is 0 Å². The van der Waals surface area contributed by atoms with E-state index < -0.39 is 0 Å². The van der Waals surface area contributed by atoms with Gasteiger partial charge in [0.2, 0.25) is 0 Å². The second kappa shape index (κ2) is 10.5. The summed E-state index contributed by atoms with van der Waals surface area (Å²) in [5.41, 5.74) is 9.03. The molecule has 8 aromatic rings. The molecule has 0 atom stereocenters. The summed E-state index contributed by atoms with van der Waals surface area (Å²) >= 11 is 0. The highest BCUT2D eigenvalue weighted by Crippen LogP contribution is 2.34. The van der Waals surface area contributed by atoms with Gasteiger partial charge in [-0.3, -0.25) is 0 Å². The van der Waals surface area contributed by atoms with E-state index in [9.17, 15) is 0 Å². The van der Waals surface area contributed by atoms with Gasteiger partial charge >= 0.3 is 0 Å². The molecule has 0 aliphatic carbocycles. The van der Waals surface area contributed by atoms with Gasteiger partial charge in [-0.25, -0.2) is 15.0 Å². The van der Waals surface area contributed by atoms with Crippen molar-refractivity contribution in [1.29, 1.82) is 0 Å². The van der Waals surface area contributed by atoms with Gasteiger partial charge in [0.05, 0.1) is 0 Å². The van der Waals surface area contributed by atoms with Crippen LogP contribution in [0, 0.1) is 0 Å². The fourth-order valence-corrected chi connectivity index (χ4v) is 5.54. The number of nitrogens with zero attached hydrogens (tertiary/aromatic N) is 3. The monoisotopic (exact) mass is 551 g/mol. The summed E-state index contributed by atoms with van der Waals surface area (Å²) in [6.07, 6.45) is 0. The summed E-state index contributed by atoms with van der Waals surface area (Å²) in [7, 11) is 0. The van der Waals surface area contributed by atoms with Crippen molar-refractivity contribution in [3.63, 3.8) is 0 Å². The molecule has 0 amide bonds. The van der Waals surface area contributed by atoms with Crippen LogP contribution in [-0.4, -0.2) is 15.0 Å². The summed E-state index contributed by atoms with van der Waals surface area (Å²) < 4.78 is 6.16. The molecule has 8 rings (SSSR count). The Kier molecular flexibility index (Phi) is 6.08. The minimum absolute atomic E-state index is 0.627. The Hall–Kier alpha value is -5.87. The van der Waals surface area contributed by atoms with Crippen LogP contribution in [0.25, 0.3) is 78.4 Å². The fourth-order valence-electron chi connectivity index (χ4n) is 5.54. The van der Waals surface area contributed by atoms with Crippen molar-refractivity contribution in [2.24, 2.45) is 0 Å². The van der Waals surface area contributed by atoms with Gasteiger partial charge in [-0.05, 0) is 46.5 Å². The van der Waals surface area contributed by atoms with Gasteiger partial charge in [-0.15, -0.1) is 0 Å². The van der Waals surface area contributed by atoms with Gasteiger partial charge in [-0.2, -0.15) is 0 Å². The lowest BCUT2D eigenvalue weighted by Crippen LogP contribution is -2.00. The average molecular weight is 552 g/mol. The molecule has 0 fully saturated rings. The first kappa shape index (κ1) is 24.9. The van der Waals surface area contributed by atoms with E-state index in [1.807, 2.05) is 60.7 Å². The van der Waals surface area contributed by atoms with Crippen molar-refractivity contribution < 1.29 is 4.42 Å². The van der Waals surface area contributed by atoms with Crippen LogP contribution in [0.3, 0.4) is 0 Å². The van der Waals surface area contributed by atoms with E-state index in [1.165, 1.54) is 5.56 Å². The molecule has 2 heterocycles. The standard InChI is InChI=1S/C39H25N3O/c1-3-10-26(11-4-1)27-18-20-29(21-19-27)38-40-37(28-12-5-2-6-13-28)41-39(42-38)32-15-9-14-30(24-32)31-22-23-34-33-16-7-8-17-35(33)43-36(34)25-31/h1-25H. The molecule has 0 saturated carbocycles. The van der Waals surface area contributed by atoms with Crippen LogP contribution in [0.4, 0.5) is 0 Å². The quantitative estimate of drug-likeness (QED) is 0.214. The lowest BCUT2D eigenvalue weighted by atomic mass is 10.0. The van der Waals surface area contributed by atoms with Gasteiger partial charge < -0.3 is 4.42 Å². The highest BCUT2D eigenvalue weighted by atomic mass is 16.3. The molecule has 0 unspecified atom stereocenters. The zero-order valence-electron chi connectivity index (χ0n) is 23.2. The topological polar surface area (TPSA) is 51.8 Å². The van der Waals surface area contributed by atoms with Crippen molar-refractivity contribution in [3.8, 4) is 56.4 Å². The van der Waals surface area contributed by atoms with Crippen molar-refractivity contribution in [3.05, 3.63) is 152 Å². The molecule has 0 N–H and O–H groups in total. The third-order valence-electron chi connectivity index (χ3n) is 7.75. The Morgan fingerprint density at radius 3 is 1.51 bits per heavy atom. The summed E-state index contributed by atoms with van der Waals surface area (Å²) in [5.74, 6) is 1.90. The number of aromatic nitrogens is 3. The average Bonchev–Trinajstić information content (AvgIpc) is 3.47. The molecule has 6 aromatic carbocycles. The zero-order valence-corrected chi connectivity index (χ0v) is 23.2. The van der Waals surface area contributed by atoms with E-state index in [2.05, 4.69) is 91.0 Å². The minimum atomic E-state index is 0.627. The molecular formula is C39H25N3O. The molecule has 202 valence electrons. The Bertz CT molecular complexity index is 2220. The predicted molar refractivity (Wildman–Crippen MR) is 174 cm³/mol. The van der Waals surface area contributed by atoms with E-state index in [1.54, 1.807) is 0 Å². The maximum atomic E-state index is 6.16. The molecule has 0 saturated heterocycles. The van der Waals surface area contributed by atoms with Gasteiger partial charge in [0.25, 0.3) is 0 Å². The van der Waals surface area contributed by atoms with Crippen molar-refractivity contribution in [2.45, 2.75) is 0 Å². The summed E-state index contributed by atoms with van der Waals surface area (Å²) in [6.45, 7) is 0. The Morgan fingerprint density at radius 1 is 0.302 bits per heavy atom. The zero-order chi connectivity index (χ0) is 28.6. The number of hydrogen-bond acceptors (Lipinski definition) is 4. The normalized spacial score (nSPS) is 11.3. The van der Waals surface area contributed by atoms with Crippen LogP contribution < -0.4 is 0 Å². The smallest absolute Gasteiger partial charge is 0.164 e. The SMILES string of the molecule is c1ccc(-c2ccc(-c3nc(-c4ccccc4)nc(-c4cccc(-c5ccc6c(c5)oc5ccccc56)c4)n3)cc2)cc1. The first-order valence-corrected chi connectivity index (χ1v) is 14.3. The third kappa shape index (κ3) is 4.75. The predicted octanol–water partition coefficient (Wildman–Crippen LogP) is 10.1. The van der Waals surface area contributed by atoms with Gasteiger partial charge in [0, 0.05) is 27.5 Å². The highest BCUT2D eigenvalue weighted by Gasteiger charge is 2.14. The molecular weight excluding hydrogens is 526 g/mol. The number of rotatable bonds is 5. The fraction of sp³-hybridized carbons (Fsp3) is 0. The van der Waals surface area contributed by atoms with Crippen LogP contribution in [0.2, 0.25) is 0 Å². The van der Waals surface area contributed by atoms with Crippen LogP contribution in [0.1, 0.15) is 0 Å². The molecule has 0 radical (unpaired) electrons. The first-order valence-electron chi connectivity index (χ1n) is 14.3. The first-order chi connectivity index (χ1) is 21.3. The van der Waals surface area contributed by atoms with E-state index in [4.69, 9.17) is 19.4 Å². The van der Waals surface area contributed by atoms with Crippen LogP contribution >= 0.6 is 0 Å². The van der Waals surface area contributed by atoms with Crippen molar-refractivity contribution >= 4 is 21.9 Å². The molecule has 0 spiro atoms. The number of furan rings is 1. The summed E-state index contributed by atoms with van der Waals surface area (Å²) in [4.78, 5) is 14.8. The van der Waals surface area contributed by atoms with E-state index in [0.717, 1.165) is 55.3 Å². The van der Waals surface area contributed by atoms with Crippen LogP contribution in [0.15, 0.2) is 156 Å². The lowest BCUT2D eigenvalue weighted by molar-refractivity contribution is 0.669. The second-order valence-corrected chi connectivity index (χ2v) is 10.5. The van der Waals surface area contributed by atoms with Crippen molar-refractivity contribution in [1.82, 2.24) is 15.0 Å². The highest BCUT2D eigenvalue weighted by molar-refractivity contribution is 6.05. The molecule has 0 bridgehead atoms. The molecule has 4 heteroatoms. The number of para-hydroxylation sites is 1. The third-order valence-corrected chi connectivity index (χ3v) is 7.75. The van der Waals surface area contributed by atoms with E-state index in [0.29, 0.717) is 17.5 Å². The van der Waals surface area contributed by atoms with E-state index >= 15 is 0 Å². The van der Waals surface area contributed by atoms with Gasteiger partial charge in [0.15, 0.2) is 17.5 Å². The number of hydrogen-bond donors (Lipinski definition) is 0. The molecule has 2 aromatic heterocycles. The minimum Gasteiger partial charge on any atom is -0.456 e. The Morgan fingerprint density at radius 2 is 0.767 bits per heavy atom. The maximum absolute atomic E-state index is 6.16. The van der Waals surface area contributed by atoms with Crippen LogP contribution in [0.5, 0.6) is 0 Å². The Labute approximate surface area is 249 Å². The number of benzene rings is 6. The molecule has 4 nitrogen and oxygen atoms in total. The molecule has 43 heavy (non-hydrogen) atoms. The Balaban J connectivity index is 1.21. The molecule has 0 aliphatic heterocycles. The molecule has 0 aliphatic rings. The van der Waals surface area contributed by atoms with Crippen molar-refractivity contribution in [2.75, 3.05) is 0 Å². The largest absolute Gasteiger partial charge is 0.456 e. The lowest BCUT2D eigenvalue weighted by Gasteiger charge is -2.10. The van der Waals surface area contributed by atoms with Gasteiger partial charge in [0.1, 0.15) is 11.2 Å². The maximum Gasteiger partial charge on any atom is 0.164 e. The summed E-state index contributed by atoms with van der Waals surface area (Å²) in [6, 6.07) is 51.7. The van der Waals surface area contributed by atoms with E-state index in [-0.39, 0.29) is 0 Å². The summed E-state index contributed by atoms with van der Waals surface area (Å²) in [5, 5.41) is 2.24. The number of fused-ring (bicyclic) bond motifs is 3. The second-order valence-electron chi connectivity index (χ2n) is 10.5. The van der Waals surface area contributed by atoms with Gasteiger partial charge in [-0.1, -0.05) is 127 Å².